The number of halogens is 1. The standard InChI is InChI=1S/C17H22FNO3/c1-22-16(20)19-11-10-17(21)9-3-2-4-14(17)15(19)12-5-7-13(18)8-6-12/h5-8,14-15,21H,2-4,9-11H2,1H3/t14-,15-,17+/m0/s1. The Morgan fingerprint density at radius 3 is 2.73 bits per heavy atom. The summed E-state index contributed by atoms with van der Waals surface area (Å²) < 4.78 is 18.1. The maximum absolute atomic E-state index is 13.2. The highest BCUT2D eigenvalue weighted by Crippen LogP contribution is 2.49. The lowest BCUT2D eigenvalue weighted by Gasteiger charge is -2.52. The largest absolute Gasteiger partial charge is 0.453 e. The molecule has 3 atom stereocenters. The minimum absolute atomic E-state index is 0.0282. The highest BCUT2D eigenvalue weighted by molar-refractivity contribution is 5.68. The number of methoxy groups -OCH3 is 1. The van der Waals surface area contributed by atoms with Gasteiger partial charge in [0.05, 0.1) is 18.8 Å². The van der Waals surface area contributed by atoms with E-state index in [4.69, 9.17) is 4.74 Å². The molecule has 1 saturated heterocycles. The zero-order valence-corrected chi connectivity index (χ0v) is 12.8. The Kier molecular flexibility index (Phi) is 4.08. The quantitative estimate of drug-likeness (QED) is 0.866. The van der Waals surface area contributed by atoms with Crippen LogP contribution < -0.4 is 0 Å². The Morgan fingerprint density at radius 2 is 2.05 bits per heavy atom. The van der Waals surface area contributed by atoms with E-state index >= 15 is 0 Å². The SMILES string of the molecule is COC(=O)N1CC[C@]2(O)CCCC[C@H]2[C@@H]1c1ccc(F)cc1. The number of nitrogens with zero attached hydrogens (tertiary/aromatic N) is 1. The number of carbonyl (C=O) groups excluding carboxylic acids is 1. The summed E-state index contributed by atoms with van der Waals surface area (Å²) in [7, 11) is 1.37. The molecule has 1 aromatic carbocycles. The van der Waals surface area contributed by atoms with Gasteiger partial charge in [0.15, 0.2) is 0 Å². The third-order valence-corrected chi connectivity index (χ3v) is 5.19. The normalized spacial score (nSPS) is 31.5. The second kappa shape index (κ2) is 5.88. The van der Waals surface area contributed by atoms with Gasteiger partial charge in [0, 0.05) is 12.5 Å². The van der Waals surface area contributed by atoms with Crippen molar-refractivity contribution >= 4 is 6.09 Å². The van der Waals surface area contributed by atoms with Gasteiger partial charge in [-0.25, -0.2) is 9.18 Å². The van der Waals surface area contributed by atoms with Gasteiger partial charge in [-0.05, 0) is 37.0 Å². The van der Waals surface area contributed by atoms with Crippen LogP contribution in [0.2, 0.25) is 0 Å². The van der Waals surface area contributed by atoms with Crippen molar-refractivity contribution in [2.75, 3.05) is 13.7 Å². The topological polar surface area (TPSA) is 49.8 Å². The van der Waals surface area contributed by atoms with E-state index in [0.29, 0.717) is 13.0 Å². The number of carbonyl (C=O) groups is 1. The van der Waals surface area contributed by atoms with E-state index in [0.717, 1.165) is 31.2 Å². The fraction of sp³-hybridized carbons (Fsp3) is 0.588. The molecule has 5 heteroatoms. The zero-order chi connectivity index (χ0) is 15.7. The number of likely N-dealkylation sites (tertiary alicyclic amines) is 1. The van der Waals surface area contributed by atoms with Gasteiger partial charge in [0.2, 0.25) is 0 Å². The summed E-state index contributed by atoms with van der Waals surface area (Å²) >= 11 is 0. The van der Waals surface area contributed by atoms with Gasteiger partial charge in [-0.3, -0.25) is 0 Å². The molecule has 0 aromatic heterocycles. The highest BCUT2D eigenvalue weighted by Gasteiger charge is 2.50. The average molecular weight is 307 g/mol. The van der Waals surface area contributed by atoms with Gasteiger partial charge >= 0.3 is 6.09 Å². The second-order valence-electron chi connectivity index (χ2n) is 6.37. The minimum atomic E-state index is -0.734. The van der Waals surface area contributed by atoms with Gasteiger partial charge in [0.1, 0.15) is 5.82 Å². The van der Waals surface area contributed by atoms with Crippen LogP contribution in [-0.4, -0.2) is 35.4 Å². The van der Waals surface area contributed by atoms with Crippen molar-refractivity contribution < 1.29 is 19.0 Å². The lowest BCUT2D eigenvalue weighted by Crippen LogP contribution is -2.56. The minimum Gasteiger partial charge on any atom is -0.453 e. The Morgan fingerprint density at radius 1 is 1.32 bits per heavy atom. The Labute approximate surface area is 129 Å². The molecule has 1 aliphatic heterocycles. The van der Waals surface area contributed by atoms with Gasteiger partial charge in [-0.15, -0.1) is 0 Å². The first kappa shape index (κ1) is 15.3. The number of hydrogen-bond acceptors (Lipinski definition) is 3. The van der Waals surface area contributed by atoms with Crippen LogP contribution in [0.25, 0.3) is 0 Å². The fourth-order valence-electron chi connectivity index (χ4n) is 4.08. The number of aliphatic hydroxyl groups is 1. The lowest BCUT2D eigenvalue weighted by atomic mass is 9.66. The first-order chi connectivity index (χ1) is 10.5. The number of hydrogen-bond donors (Lipinski definition) is 1. The maximum Gasteiger partial charge on any atom is 0.410 e. The van der Waals surface area contributed by atoms with Crippen molar-refractivity contribution in [2.45, 2.75) is 43.7 Å². The van der Waals surface area contributed by atoms with Crippen molar-refractivity contribution in [2.24, 2.45) is 5.92 Å². The first-order valence-electron chi connectivity index (χ1n) is 7.87. The molecule has 0 bridgehead atoms. The smallest absolute Gasteiger partial charge is 0.410 e. The predicted octanol–water partition coefficient (Wildman–Crippen LogP) is 3.26. The Hall–Kier alpha value is -1.62. The molecule has 3 rings (SSSR count). The molecule has 1 aliphatic carbocycles. The number of benzene rings is 1. The van der Waals surface area contributed by atoms with Crippen LogP contribution in [0.5, 0.6) is 0 Å². The van der Waals surface area contributed by atoms with Crippen LogP contribution in [0.3, 0.4) is 0 Å². The Bertz CT molecular complexity index is 547. The van der Waals surface area contributed by atoms with Crippen LogP contribution in [0, 0.1) is 11.7 Å². The molecule has 0 radical (unpaired) electrons. The van der Waals surface area contributed by atoms with Crippen LogP contribution in [0.4, 0.5) is 9.18 Å². The van der Waals surface area contributed by atoms with E-state index in [9.17, 15) is 14.3 Å². The molecule has 2 aliphatic rings. The molecular formula is C17H22FNO3. The molecule has 1 amide bonds. The summed E-state index contributed by atoms with van der Waals surface area (Å²) in [6.07, 6.45) is 3.88. The summed E-state index contributed by atoms with van der Waals surface area (Å²) in [5, 5.41) is 11.0. The van der Waals surface area contributed by atoms with E-state index < -0.39 is 5.60 Å². The van der Waals surface area contributed by atoms with E-state index in [-0.39, 0.29) is 23.9 Å². The summed E-state index contributed by atoms with van der Waals surface area (Å²) in [4.78, 5) is 13.8. The molecule has 1 aromatic rings. The monoisotopic (exact) mass is 307 g/mol. The number of amides is 1. The molecule has 22 heavy (non-hydrogen) atoms. The van der Waals surface area contributed by atoms with E-state index in [2.05, 4.69) is 0 Å². The van der Waals surface area contributed by atoms with Crippen molar-refractivity contribution in [3.63, 3.8) is 0 Å². The fourth-order valence-corrected chi connectivity index (χ4v) is 4.08. The highest BCUT2D eigenvalue weighted by atomic mass is 19.1. The lowest BCUT2D eigenvalue weighted by molar-refractivity contribution is -0.117. The third-order valence-electron chi connectivity index (χ3n) is 5.19. The van der Waals surface area contributed by atoms with Crippen molar-refractivity contribution in [3.8, 4) is 0 Å². The average Bonchev–Trinajstić information content (AvgIpc) is 2.53. The number of piperidine rings is 1. The molecule has 4 nitrogen and oxygen atoms in total. The zero-order valence-electron chi connectivity index (χ0n) is 12.8. The first-order valence-corrected chi connectivity index (χ1v) is 7.87. The molecule has 2 fully saturated rings. The van der Waals surface area contributed by atoms with E-state index in [1.165, 1.54) is 19.2 Å². The number of rotatable bonds is 1. The molecule has 0 unspecified atom stereocenters. The third kappa shape index (κ3) is 2.58. The Balaban J connectivity index is 2.00. The molecule has 1 N–H and O–H groups in total. The predicted molar refractivity (Wildman–Crippen MR) is 79.8 cm³/mol. The van der Waals surface area contributed by atoms with Crippen LogP contribution in [-0.2, 0) is 4.74 Å². The molecule has 0 spiro atoms. The van der Waals surface area contributed by atoms with E-state index in [1.54, 1.807) is 17.0 Å². The van der Waals surface area contributed by atoms with Crippen molar-refractivity contribution in [1.29, 1.82) is 0 Å². The second-order valence-corrected chi connectivity index (χ2v) is 6.37. The van der Waals surface area contributed by atoms with Crippen LogP contribution in [0.15, 0.2) is 24.3 Å². The summed E-state index contributed by atoms with van der Waals surface area (Å²) in [6, 6.07) is 5.96. The van der Waals surface area contributed by atoms with Crippen LogP contribution in [0.1, 0.15) is 43.7 Å². The van der Waals surface area contributed by atoms with Gasteiger partial charge in [-0.1, -0.05) is 25.0 Å². The van der Waals surface area contributed by atoms with Crippen molar-refractivity contribution in [1.82, 2.24) is 4.90 Å². The summed E-state index contributed by atoms with van der Waals surface area (Å²) in [5.74, 6) is -0.331. The number of fused-ring (bicyclic) bond motifs is 1. The maximum atomic E-state index is 13.2. The van der Waals surface area contributed by atoms with E-state index in [1.807, 2.05) is 0 Å². The van der Waals surface area contributed by atoms with Crippen molar-refractivity contribution in [3.05, 3.63) is 35.6 Å². The van der Waals surface area contributed by atoms with Gasteiger partial charge < -0.3 is 14.7 Å². The molecule has 1 saturated carbocycles. The molecule has 1 heterocycles. The van der Waals surface area contributed by atoms with Crippen LogP contribution >= 0.6 is 0 Å². The van der Waals surface area contributed by atoms with Gasteiger partial charge in [0.25, 0.3) is 0 Å². The molecular weight excluding hydrogens is 285 g/mol. The summed E-state index contributed by atoms with van der Waals surface area (Å²) in [5.41, 5.74) is 0.124. The number of ether oxygens (including phenoxy) is 1. The molecule has 120 valence electrons. The summed E-state index contributed by atoms with van der Waals surface area (Å²) in [6.45, 7) is 0.460. The van der Waals surface area contributed by atoms with Gasteiger partial charge in [-0.2, -0.15) is 0 Å².